The fourth-order valence-corrected chi connectivity index (χ4v) is 3.65. The molecule has 24 heavy (non-hydrogen) atoms. The lowest BCUT2D eigenvalue weighted by Crippen LogP contribution is -2.25. The Morgan fingerprint density at radius 2 is 2.12 bits per heavy atom. The van der Waals surface area contributed by atoms with E-state index >= 15 is 0 Å². The van der Waals surface area contributed by atoms with Crippen LogP contribution < -0.4 is 5.32 Å². The molecule has 9 heteroatoms. The molecule has 2 rings (SSSR count). The molecule has 0 fully saturated rings. The van der Waals surface area contributed by atoms with Crippen LogP contribution in [-0.4, -0.2) is 49.8 Å². The van der Waals surface area contributed by atoms with Crippen LogP contribution in [0.1, 0.15) is 22.3 Å². The predicted octanol–water partition coefficient (Wildman–Crippen LogP) is 2.16. The van der Waals surface area contributed by atoms with Gasteiger partial charge in [-0.2, -0.15) is 5.10 Å². The van der Waals surface area contributed by atoms with Gasteiger partial charge in [0.1, 0.15) is 0 Å². The van der Waals surface area contributed by atoms with Gasteiger partial charge in [0.05, 0.1) is 18.2 Å². The normalized spacial score (nSPS) is 10.5. The van der Waals surface area contributed by atoms with Crippen molar-refractivity contribution >= 4 is 33.5 Å². The lowest BCUT2D eigenvalue weighted by molar-refractivity contribution is -0.136. The Kier molecular flexibility index (Phi) is 7.13. The number of carbonyl (C=O) groups is 2. The molecule has 0 atom stereocenters. The number of aryl methyl sites for hydroxylation is 1. The molecule has 2 N–H and O–H groups in total. The van der Waals surface area contributed by atoms with Crippen LogP contribution >= 0.6 is 21.6 Å². The van der Waals surface area contributed by atoms with Crippen molar-refractivity contribution in [1.82, 2.24) is 20.1 Å². The van der Waals surface area contributed by atoms with E-state index < -0.39 is 5.97 Å². The molecule has 1 amide bonds. The monoisotopic (exact) mass is 366 g/mol. The molecule has 0 saturated heterocycles. The molecule has 0 aliphatic rings. The van der Waals surface area contributed by atoms with Crippen LogP contribution in [0.4, 0.5) is 0 Å². The van der Waals surface area contributed by atoms with Gasteiger partial charge in [-0.05, 0) is 24.6 Å². The largest absolute Gasteiger partial charge is 0.481 e. The molecule has 0 radical (unpaired) electrons. The zero-order chi connectivity index (χ0) is 17.4. The van der Waals surface area contributed by atoms with E-state index in [-0.39, 0.29) is 12.3 Å². The molecule has 0 aliphatic carbocycles. The molecule has 0 bridgehead atoms. The second-order valence-electron chi connectivity index (χ2n) is 4.91. The SMILES string of the molecule is Cc1ccnc(-n2cc(C(=O)NCCSSCCC(=O)O)cn2)c1. The molecule has 0 spiro atoms. The quantitative estimate of drug-likeness (QED) is 0.518. The molecular formula is C15H18N4O3S2. The fourth-order valence-electron chi connectivity index (χ4n) is 1.77. The van der Waals surface area contributed by atoms with E-state index in [9.17, 15) is 9.59 Å². The summed E-state index contributed by atoms with van der Waals surface area (Å²) in [5, 5.41) is 15.5. The molecular weight excluding hydrogens is 348 g/mol. The highest BCUT2D eigenvalue weighted by atomic mass is 33.1. The molecule has 2 heterocycles. The molecule has 0 aromatic carbocycles. The van der Waals surface area contributed by atoms with Crippen molar-refractivity contribution in [2.45, 2.75) is 13.3 Å². The minimum absolute atomic E-state index is 0.149. The number of carbonyl (C=O) groups excluding carboxylic acids is 1. The van der Waals surface area contributed by atoms with E-state index in [2.05, 4.69) is 15.4 Å². The Labute approximate surface area is 147 Å². The van der Waals surface area contributed by atoms with Crippen molar-refractivity contribution in [2.24, 2.45) is 0 Å². The van der Waals surface area contributed by atoms with Crippen LogP contribution in [0.5, 0.6) is 0 Å². The Hall–Kier alpha value is -2.00. The van der Waals surface area contributed by atoms with Crippen molar-refractivity contribution in [3.63, 3.8) is 0 Å². The number of hydrogen-bond donors (Lipinski definition) is 2. The summed E-state index contributed by atoms with van der Waals surface area (Å²) in [6, 6.07) is 3.78. The maximum atomic E-state index is 12.1. The average Bonchev–Trinajstić information content (AvgIpc) is 3.03. The molecule has 0 aliphatic heterocycles. The number of carboxylic acids is 1. The number of nitrogens with zero attached hydrogens (tertiary/aromatic N) is 3. The summed E-state index contributed by atoms with van der Waals surface area (Å²) in [7, 11) is 3.04. The lowest BCUT2D eigenvalue weighted by atomic mass is 10.3. The Morgan fingerprint density at radius 3 is 2.88 bits per heavy atom. The van der Waals surface area contributed by atoms with Gasteiger partial charge in [-0.1, -0.05) is 21.6 Å². The second kappa shape index (κ2) is 9.33. The number of carboxylic acid groups (broad SMARTS) is 1. The lowest BCUT2D eigenvalue weighted by Gasteiger charge is -2.03. The topological polar surface area (TPSA) is 97.1 Å². The van der Waals surface area contributed by atoms with Crippen LogP contribution in [0.15, 0.2) is 30.7 Å². The Morgan fingerprint density at radius 1 is 1.33 bits per heavy atom. The van der Waals surface area contributed by atoms with Gasteiger partial charge >= 0.3 is 5.97 Å². The molecule has 0 saturated carbocycles. The van der Waals surface area contributed by atoms with Crippen molar-refractivity contribution in [3.8, 4) is 5.82 Å². The summed E-state index contributed by atoms with van der Waals surface area (Å²) in [5.41, 5.74) is 1.54. The number of pyridine rings is 1. The first-order valence-electron chi connectivity index (χ1n) is 7.28. The standard InChI is InChI=1S/C15H18N4O3S2/c1-11-2-4-16-13(8-11)19-10-12(9-18-19)15(22)17-5-7-24-23-6-3-14(20)21/h2,4,8-10H,3,5-7H2,1H3,(H,17,22)(H,20,21). The van der Waals surface area contributed by atoms with E-state index in [0.29, 0.717) is 29.4 Å². The van der Waals surface area contributed by atoms with Gasteiger partial charge in [0.2, 0.25) is 0 Å². The van der Waals surface area contributed by atoms with Gasteiger partial charge in [-0.3, -0.25) is 9.59 Å². The maximum absolute atomic E-state index is 12.1. The zero-order valence-corrected chi connectivity index (χ0v) is 14.8. The number of aliphatic carboxylic acids is 1. The summed E-state index contributed by atoms with van der Waals surface area (Å²) in [6.07, 6.45) is 5.00. The van der Waals surface area contributed by atoms with Crippen LogP contribution in [0.25, 0.3) is 5.82 Å². The highest BCUT2D eigenvalue weighted by Gasteiger charge is 2.09. The fraction of sp³-hybridized carbons (Fsp3) is 0.333. The summed E-state index contributed by atoms with van der Waals surface area (Å²) in [4.78, 5) is 26.6. The second-order valence-corrected chi connectivity index (χ2v) is 7.61. The first-order chi connectivity index (χ1) is 11.6. The van der Waals surface area contributed by atoms with Gasteiger partial charge in [-0.25, -0.2) is 9.67 Å². The van der Waals surface area contributed by atoms with E-state index in [1.807, 2.05) is 19.1 Å². The first-order valence-corrected chi connectivity index (χ1v) is 9.77. The number of nitrogens with one attached hydrogen (secondary N) is 1. The van der Waals surface area contributed by atoms with E-state index in [1.165, 1.54) is 17.0 Å². The third kappa shape index (κ3) is 5.89. The number of amides is 1. The molecule has 2 aromatic rings. The molecule has 2 aromatic heterocycles. The van der Waals surface area contributed by atoms with Crippen LogP contribution in [-0.2, 0) is 4.79 Å². The third-order valence-corrected chi connectivity index (χ3v) is 5.34. The van der Waals surface area contributed by atoms with Crippen molar-refractivity contribution in [3.05, 3.63) is 41.9 Å². The number of aromatic nitrogens is 3. The summed E-state index contributed by atoms with van der Waals surface area (Å²) >= 11 is 0. The highest BCUT2D eigenvalue weighted by molar-refractivity contribution is 8.76. The molecule has 128 valence electrons. The Balaban J connectivity index is 1.74. The predicted molar refractivity (Wildman–Crippen MR) is 95.6 cm³/mol. The smallest absolute Gasteiger partial charge is 0.304 e. The summed E-state index contributed by atoms with van der Waals surface area (Å²) < 4.78 is 1.57. The number of rotatable bonds is 9. The van der Waals surface area contributed by atoms with E-state index in [4.69, 9.17) is 5.11 Å². The van der Waals surface area contributed by atoms with Crippen LogP contribution in [0.3, 0.4) is 0 Å². The zero-order valence-electron chi connectivity index (χ0n) is 13.1. The van der Waals surface area contributed by atoms with Gasteiger partial charge in [-0.15, -0.1) is 0 Å². The van der Waals surface area contributed by atoms with Gasteiger partial charge in [0, 0.05) is 30.4 Å². The van der Waals surface area contributed by atoms with Gasteiger partial charge in [0.15, 0.2) is 5.82 Å². The van der Waals surface area contributed by atoms with Gasteiger partial charge in [0.25, 0.3) is 5.91 Å². The molecule has 0 unspecified atom stereocenters. The Bertz CT molecular complexity index is 706. The summed E-state index contributed by atoms with van der Waals surface area (Å²) in [6.45, 7) is 2.48. The summed E-state index contributed by atoms with van der Waals surface area (Å²) in [5.74, 6) is 0.953. The van der Waals surface area contributed by atoms with Crippen molar-refractivity contribution < 1.29 is 14.7 Å². The minimum atomic E-state index is -0.795. The molecule has 7 nitrogen and oxygen atoms in total. The van der Waals surface area contributed by atoms with E-state index in [1.54, 1.807) is 27.9 Å². The third-order valence-electron chi connectivity index (χ3n) is 2.93. The first kappa shape index (κ1) is 18.3. The highest BCUT2D eigenvalue weighted by Crippen LogP contribution is 2.20. The number of hydrogen-bond acceptors (Lipinski definition) is 6. The van der Waals surface area contributed by atoms with Crippen LogP contribution in [0.2, 0.25) is 0 Å². The minimum Gasteiger partial charge on any atom is -0.481 e. The maximum Gasteiger partial charge on any atom is 0.304 e. The van der Waals surface area contributed by atoms with Crippen LogP contribution in [0, 0.1) is 6.92 Å². The van der Waals surface area contributed by atoms with Crippen molar-refractivity contribution in [1.29, 1.82) is 0 Å². The average molecular weight is 366 g/mol. The van der Waals surface area contributed by atoms with Gasteiger partial charge < -0.3 is 10.4 Å². The van der Waals surface area contributed by atoms with E-state index in [0.717, 1.165) is 5.56 Å². The van der Waals surface area contributed by atoms with Crippen molar-refractivity contribution in [2.75, 3.05) is 18.1 Å².